The van der Waals surface area contributed by atoms with Crippen molar-refractivity contribution in [2.75, 3.05) is 11.9 Å². The third kappa shape index (κ3) is 7.13. The van der Waals surface area contributed by atoms with E-state index >= 15 is 0 Å². The highest BCUT2D eigenvalue weighted by Crippen LogP contribution is 2.37. The number of anilines is 1. The average molecular weight is 539 g/mol. The second kappa shape index (κ2) is 12.1. The average Bonchev–Trinajstić information content (AvgIpc) is 2.86. The molecule has 1 amide bonds. The molecule has 0 saturated carbocycles. The summed E-state index contributed by atoms with van der Waals surface area (Å²) < 4.78 is 37.1. The molecule has 0 heterocycles. The Kier molecular flexibility index (Phi) is 8.95. The van der Waals surface area contributed by atoms with Crippen molar-refractivity contribution in [1.82, 2.24) is 0 Å². The van der Waals surface area contributed by atoms with E-state index in [1.807, 2.05) is 6.07 Å². The largest absolute Gasteiger partial charge is 0.508 e. The van der Waals surface area contributed by atoms with Gasteiger partial charge in [-0.15, -0.1) is 6.58 Å². The van der Waals surface area contributed by atoms with Crippen molar-refractivity contribution in [3.63, 3.8) is 0 Å². The molecule has 2 N–H and O–H groups in total. The highest BCUT2D eigenvalue weighted by Gasteiger charge is 2.23. The molecule has 0 aliphatic heterocycles. The zero-order valence-corrected chi connectivity index (χ0v) is 21.3. The van der Waals surface area contributed by atoms with Crippen molar-refractivity contribution >= 4 is 39.4 Å². The van der Waals surface area contributed by atoms with Gasteiger partial charge in [0.05, 0.1) is 6.61 Å². The van der Waals surface area contributed by atoms with Crippen LogP contribution >= 0.6 is 11.6 Å². The molecule has 10 heteroatoms. The van der Waals surface area contributed by atoms with Crippen molar-refractivity contribution < 1.29 is 27.2 Å². The smallest absolute Gasteiger partial charge is 0.339 e. The summed E-state index contributed by atoms with van der Waals surface area (Å²) in [5.41, 5.74) is 1.01. The van der Waals surface area contributed by atoms with E-state index in [1.54, 1.807) is 19.1 Å². The maximum absolute atomic E-state index is 12.9. The van der Waals surface area contributed by atoms with Gasteiger partial charge in [-0.05, 0) is 85.6 Å². The first kappa shape index (κ1) is 27.3. The van der Waals surface area contributed by atoms with Gasteiger partial charge in [0.1, 0.15) is 22.3 Å². The number of rotatable bonds is 10. The van der Waals surface area contributed by atoms with Gasteiger partial charge in [0.2, 0.25) is 0 Å². The van der Waals surface area contributed by atoms with Crippen LogP contribution in [0.3, 0.4) is 0 Å². The highest BCUT2D eigenvalue weighted by atomic mass is 35.5. The molecule has 3 aromatic rings. The molecule has 0 fully saturated rings. The summed E-state index contributed by atoms with van der Waals surface area (Å²) in [6.07, 6.45) is 3.13. The SMILES string of the molecule is C=CCc1cc(/C=C(\C#N)C(=O)Nc2ccc(O)cc2)cc(OCC)c1OS(=O)(=O)c1ccc(Cl)cc1. The van der Waals surface area contributed by atoms with Crippen molar-refractivity contribution in [2.45, 2.75) is 18.2 Å². The van der Waals surface area contributed by atoms with E-state index in [1.165, 1.54) is 60.7 Å². The second-order valence-corrected chi connectivity index (χ2v) is 9.58. The van der Waals surface area contributed by atoms with Gasteiger partial charge in [-0.1, -0.05) is 17.7 Å². The molecule has 3 aromatic carbocycles. The first-order chi connectivity index (χ1) is 17.7. The Balaban J connectivity index is 2.01. The van der Waals surface area contributed by atoms with Crippen LogP contribution in [0.15, 0.2) is 83.8 Å². The van der Waals surface area contributed by atoms with E-state index in [4.69, 9.17) is 20.5 Å². The Labute approximate surface area is 220 Å². The number of amides is 1. The molecule has 0 aliphatic rings. The van der Waals surface area contributed by atoms with Gasteiger partial charge in [-0.3, -0.25) is 4.79 Å². The molecular formula is C27H23ClN2O6S. The summed E-state index contributed by atoms with van der Waals surface area (Å²) in [5.74, 6) is -0.544. The number of phenolic OH excluding ortho intramolecular Hbond substituents is 1. The number of hydrogen-bond donors (Lipinski definition) is 2. The number of benzene rings is 3. The lowest BCUT2D eigenvalue weighted by Crippen LogP contribution is -2.14. The standard InChI is InChI=1S/C27H23ClN2O6S/c1-3-5-19-14-18(15-20(17-29)27(32)30-22-8-10-23(31)11-9-22)16-25(35-4-2)26(19)36-37(33,34)24-12-6-21(28)7-13-24/h3,6-16,31H,1,4-5H2,2H3,(H,30,32)/b20-15+. The van der Waals surface area contributed by atoms with Crippen LogP contribution in [0, 0.1) is 11.3 Å². The summed E-state index contributed by atoms with van der Waals surface area (Å²) in [6.45, 7) is 5.64. The van der Waals surface area contributed by atoms with E-state index in [0.29, 0.717) is 21.8 Å². The fraction of sp³-hybridized carbons (Fsp3) is 0.111. The van der Waals surface area contributed by atoms with E-state index in [9.17, 15) is 23.6 Å². The van der Waals surface area contributed by atoms with E-state index in [2.05, 4.69) is 11.9 Å². The number of halogens is 1. The van der Waals surface area contributed by atoms with E-state index < -0.39 is 16.0 Å². The Bertz CT molecular complexity index is 1480. The number of carbonyl (C=O) groups is 1. The number of phenols is 1. The molecule has 8 nitrogen and oxygen atoms in total. The highest BCUT2D eigenvalue weighted by molar-refractivity contribution is 7.87. The minimum absolute atomic E-state index is 0.0269. The monoisotopic (exact) mass is 538 g/mol. The summed E-state index contributed by atoms with van der Waals surface area (Å²) in [6, 6.07) is 16.2. The van der Waals surface area contributed by atoms with Crippen LogP contribution in [0.2, 0.25) is 5.02 Å². The maximum atomic E-state index is 12.9. The summed E-state index contributed by atoms with van der Waals surface area (Å²) >= 11 is 5.87. The molecule has 0 bridgehead atoms. The molecule has 190 valence electrons. The number of nitriles is 1. The Hall–Kier alpha value is -4.26. The van der Waals surface area contributed by atoms with Crippen molar-refractivity contribution in [1.29, 1.82) is 5.26 Å². The van der Waals surface area contributed by atoms with Crippen molar-refractivity contribution in [3.8, 4) is 23.3 Å². The number of nitrogens with zero attached hydrogens (tertiary/aromatic N) is 1. The Morgan fingerprint density at radius 1 is 1.16 bits per heavy atom. The zero-order valence-electron chi connectivity index (χ0n) is 19.8. The first-order valence-corrected chi connectivity index (χ1v) is 12.8. The minimum Gasteiger partial charge on any atom is -0.508 e. The van der Waals surface area contributed by atoms with Gasteiger partial charge < -0.3 is 19.3 Å². The molecule has 0 aromatic heterocycles. The van der Waals surface area contributed by atoms with Gasteiger partial charge in [-0.25, -0.2) is 0 Å². The Morgan fingerprint density at radius 3 is 2.43 bits per heavy atom. The summed E-state index contributed by atoms with van der Waals surface area (Å²) in [4.78, 5) is 12.6. The van der Waals surface area contributed by atoms with Crippen LogP contribution in [-0.4, -0.2) is 26.0 Å². The zero-order chi connectivity index (χ0) is 27.0. The topological polar surface area (TPSA) is 126 Å². The molecule has 0 spiro atoms. The third-order valence-corrected chi connectivity index (χ3v) is 6.40. The van der Waals surface area contributed by atoms with Gasteiger partial charge in [0.25, 0.3) is 5.91 Å². The van der Waals surface area contributed by atoms with Gasteiger partial charge in [0, 0.05) is 16.3 Å². The second-order valence-electron chi connectivity index (χ2n) is 7.60. The van der Waals surface area contributed by atoms with Crippen molar-refractivity contribution in [3.05, 3.63) is 95.0 Å². The van der Waals surface area contributed by atoms with E-state index in [-0.39, 0.29) is 40.7 Å². The number of hydrogen-bond acceptors (Lipinski definition) is 7. The lowest BCUT2D eigenvalue weighted by Gasteiger charge is -2.16. The van der Waals surface area contributed by atoms with Crippen LogP contribution in [0.5, 0.6) is 17.2 Å². The Morgan fingerprint density at radius 2 is 1.84 bits per heavy atom. The van der Waals surface area contributed by atoms with Gasteiger partial charge in [0.15, 0.2) is 11.5 Å². The predicted octanol–water partition coefficient (Wildman–Crippen LogP) is 5.49. The fourth-order valence-corrected chi connectivity index (χ4v) is 4.35. The maximum Gasteiger partial charge on any atom is 0.339 e. The molecule has 0 aliphatic carbocycles. The summed E-state index contributed by atoms with van der Waals surface area (Å²) in [7, 11) is -4.23. The van der Waals surface area contributed by atoms with Crippen molar-refractivity contribution in [2.24, 2.45) is 0 Å². The van der Waals surface area contributed by atoms with Crippen LogP contribution in [-0.2, 0) is 21.3 Å². The molecule has 0 atom stereocenters. The first-order valence-electron chi connectivity index (χ1n) is 11.0. The minimum atomic E-state index is -4.23. The third-order valence-electron chi connectivity index (χ3n) is 4.91. The van der Waals surface area contributed by atoms with Crippen LogP contribution < -0.4 is 14.2 Å². The van der Waals surface area contributed by atoms with Gasteiger partial charge >= 0.3 is 10.1 Å². The fourth-order valence-electron chi connectivity index (χ4n) is 3.25. The number of carbonyl (C=O) groups excluding carboxylic acids is 1. The molecule has 0 saturated heterocycles. The predicted molar refractivity (Wildman–Crippen MR) is 141 cm³/mol. The number of ether oxygens (including phenoxy) is 1. The van der Waals surface area contributed by atoms with Gasteiger partial charge in [-0.2, -0.15) is 13.7 Å². The van der Waals surface area contributed by atoms with Crippen LogP contribution in [0.25, 0.3) is 6.08 Å². The number of nitrogens with one attached hydrogen (secondary N) is 1. The molecule has 0 radical (unpaired) electrons. The molecule has 0 unspecified atom stereocenters. The van der Waals surface area contributed by atoms with Crippen LogP contribution in [0.1, 0.15) is 18.1 Å². The lowest BCUT2D eigenvalue weighted by molar-refractivity contribution is -0.112. The lowest BCUT2D eigenvalue weighted by atomic mass is 10.0. The normalized spacial score (nSPS) is 11.3. The number of aromatic hydroxyl groups is 1. The molecular weight excluding hydrogens is 516 g/mol. The summed E-state index contributed by atoms with van der Waals surface area (Å²) in [5, 5.41) is 22.0. The molecule has 3 rings (SSSR count). The number of allylic oxidation sites excluding steroid dienone is 1. The molecule has 37 heavy (non-hydrogen) atoms. The quantitative estimate of drug-likeness (QED) is 0.115. The van der Waals surface area contributed by atoms with Crippen LogP contribution in [0.4, 0.5) is 5.69 Å². The van der Waals surface area contributed by atoms with E-state index in [0.717, 1.165) is 0 Å².